The Balaban J connectivity index is 1.56. The highest BCUT2D eigenvalue weighted by molar-refractivity contribution is 5.66. The van der Waals surface area contributed by atoms with Gasteiger partial charge in [0.2, 0.25) is 0 Å². The van der Waals surface area contributed by atoms with E-state index in [0.29, 0.717) is 13.1 Å². The fourth-order valence-corrected chi connectivity index (χ4v) is 3.45. The van der Waals surface area contributed by atoms with Gasteiger partial charge in [0.1, 0.15) is 11.9 Å². The maximum atomic E-state index is 12.1. The number of fused-ring (bicyclic) bond motifs is 1. The van der Waals surface area contributed by atoms with Gasteiger partial charge in [0.05, 0.1) is 6.17 Å². The number of ether oxygens (including phenoxy) is 1. The standard InChI is InChI=1S/C20H21N2O2/c1-13-11-21-20(22(23)12-13)16-5-3-15(4-6-16)17-7-8-19-18(10-17)9-14(2)24-19/h3-8,10,14,20-21H,1,9,11-12H2,2H3/q-1. The molecule has 2 heterocycles. The predicted octanol–water partition coefficient (Wildman–Crippen LogP) is 3.63. The third-order valence-corrected chi connectivity index (χ3v) is 4.67. The van der Waals surface area contributed by atoms with Crippen molar-refractivity contribution in [3.63, 3.8) is 0 Å². The Bertz CT molecular complexity index is 770. The molecule has 0 bridgehead atoms. The van der Waals surface area contributed by atoms with Gasteiger partial charge < -0.3 is 15.0 Å². The Labute approximate surface area is 142 Å². The molecule has 4 heteroatoms. The molecule has 24 heavy (non-hydrogen) atoms. The highest BCUT2D eigenvalue weighted by Crippen LogP contribution is 2.33. The Morgan fingerprint density at radius 2 is 1.92 bits per heavy atom. The second-order valence-electron chi connectivity index (χ2n) is 6.69. The number of rotatable bonds is 2. The van der Waals surface area contributed by atoms with Crippen LogP contribution in [0.25, 0.3) is 11.1 Å². The molecule has 2 unspecified atom stereocenters. The minimum atomic E-state index is -0.293. The molecule has 1 fully saturated rings. The van der Waals surface area contributed by atoms with E-state index in [9.17, 15) is 5.21 Å². The van der Waals surface area contributed by atoms with E-state index in [4.69, 9.17) is 4.74 Å². The lowest BCUT2D eigenvalue weighted by Gasteiger charge is -2.42. The average molecular weight is 321 g/mol. The van der Waals surface area contributed by atoms with E-state index >= 15 is 0 Å². The predicted molar refractivity (Wildman–Crippen MR) is 95.6 cm³/mol. The summed E-state index contributed by atoms with van der Waals surface area (Å²) >= 11 is 0. The number of hydrogen-bond donors (Lipinski definition) is 1. The van der Waals surface area contributed by atoms with Crippen molar-refractivity contribution in [1.82, 2.24) is 10.4 Å². The molecule has 2 atom stereocenters. The van der Waals surface area contributed by atoms with Crippen LogP contribution in [0.2, 0.25) is 0 Å². The summed E-state index contributed by atoms with van der Waals surface area (Å²) in [4.78, 5) is 0. The van der Waals surface area contributed by atoms with Crippen molar-refractivity contribution in [2.45, 2.75) is 25.6 Å². The van der Waals surface area contributed by atoms with Crippen LogP contribution in [0.3, 0.4) is 0 Å². The summed E-state index contributed by atoms with van der Waals surface area (Å²) in [6.45, 7) is 7.04. The van der Waals surface area contributed by atoms with E-state index in [0.717, 1.165) is 33.9 Å². The van der Waals surface area contributed by atoms with Gasteiger partial charge in [0.15, 0.2) is 0 Å². The summed E-state index contributed by atoms with van der Waals surface area (Å²) in [7, 11) is 0. The molecule has 2 aliphatic heterocycles. The van der Waals surface area contributed by atoms with E-state index in [1.807, 2.05) is 12.1 Å². The van der Waals surface area contributed by atoms with Gasteiger partial charge in [-0.05, 0) is 41.3 Å². The Morgan fingerprint density at radius 1 is 1.17 bits per heavy atom. The third kappa shape index (κ3) is 2.84. The number of nitrogens with one attached hydrogen (secondary N) is 1. The molecule has 0 radical (unpaired) electrons. The molecule has 2 aromatic carbocycles. The smallest absolute Gasteiger partial charge is 0.123 e. The van der Waals surface area contributed by atoms with Crippen molar-refractivity contribution < 1.29 is 4.74 Å². The second-order valence-corrected chi connectivity index (χ2v) is 6.69. The van der Waals surface area contributed by atoms with Gasteiger partial charge in [-0.1, -0.05) is 42.5 Å². The molecule has 0 aromatic heterocycles. The first-order valence-electron chi connectivity index (χ1n) is 8.34. The van der Waals surface area contributed by atoms with Crippen LogP contribution in [-0.2, 0) is 6.42 Å². The van der Waals surface area contributed by atoms with E-state index < -0.39 is 0 Å². The van der Waals surface area contributed by atoms with E-state index in [2.05, 4.69) is 49.2 Å². The monoisotopic (exact) mass is 321 g/mol. The number of hydrogen-bond acceptors (Lipinski definition) is 4. The van der Waals surface area contributed by atoms with Gasteiger partial charge in [-0.3, -0.25) is 5.32 Å². The number of hydroxylamine groups is 2. The Hall–Kier alpha value is -2.14. The van der Waals surface area contributed by atoms with E-state index in [1.165, 1.54) is 11.1 Å². The zero-order chi connectivity index (χ0) is 16.7. The summed E-state index contributed by atoms with van der Waals surface area (Å²) in [5, 5.41) is 16.4. The van der Waals surface area contributed by atoms with Gasteiger partial charge in [-0.15, -0.1) is 0 Å². The van der Waals surface area contributed by atoms with E-state index in [-0.39, 0.29) is 12.3 Å². The first-order valence-corrected chi connectivity index (χ1v) is 8.34. The third-order valence-electron chi connectivity index (χ3n) is 4.67. The Kier molecular flexibility index (Phi) is 3.88. The number of benzene rings is 2. The zero-order valence-corrected chi connectivity index (χ0v) is 13.8. The van der Waals surface area contributed by atoms with Crippen LogP contribution in [0.1, 0.15) is 24.2 Å². The quantitative estimate of drug-likeness (QED) is 0.858. The highest BCUT2D eigenvalue weighted by Gasteiger charge is 2.20. The Morgan fingerprint density at radius 3 is 2.67 bits per heavy atom. The van der Waals surface area contributed by atoms with Crippen LogP contribution in [-0.4, -0.2) is 24.3 Å². The second kappa shape index (κ2) is 6.06. The van der Waals surface area contributed by atoms with Crippen LogP contribution in [0.5, 0.6) is 5.75 Å². The minimum absolute atomic E-state index is 0.257. The van der Waals surface area contributed by atoms with Crippen molar-refractivity contribution >= 4 is 0 Å². The van der Waals surface area contributed by atoms with Gasteiger partial charge >= 0.3 is 0 Å². The first kappa shape index (κ1) is 15.4. The molecular weight excluding hydrogens is 300 g/mol. The summed E-state index contributed by atoms with van der Waals surface area (Å²) in [6, 6.07) is 14.6. The molecule has 0 spiro atoms. The summed E-state index contributed by atoms with van der Waals surface area (Å²) in [5.74, 6) is 0.997. The van der Waals surface area contributed by atoms with Gasteiger partial charge in [-0.2, -0.15) is 0 Å². The summed E-state index contributed by atoms with van der Waals surface area (Å²) in [5.41, 5.74) is 5.51. The molecule has 2 aliphatic rings. The number of nitrogens with zero attached hydrogens (tertiary/aromatic N) is 1. The normalized spacial score (nSPS) is 23.8. The SMILES string of the molecule is C=C1CNC(c2ccc(-c3ccc4c(c3)CC(C)O4)cc2)N([O-])C1. The van der Waals surface area contributed by atoms with Crippen molar-refractivity contribution in [2.75, 3.05) is 13.1 Å². The lowest BCUT2D eigenvalue weighted by molar-refractivity contribution is 0.230. The average Bonchev–Trinajstić information content (AvgIpc) is 2.94. The fourth-order valence-electron chi connectivity index (χ4n) is 3.45. The van der Waals surface area contributed by atoms with Crippen molar-refractivity contribution in [1.29, 1.82) is 0 Å². The maximum absolute atomic E-state index is 12.1. The molecule has 4 rings (SSSR count). The van der Waals surface area contributed by atoms with Crippen LogP contribution in [0.4, 0.5) is 0 Å². The van der Waals surface area contributed by atoms with Crippen LogP contribution >= 0.6 is 0 Å². The van der Waals surface area contributed by atoms with Gasteiger partial charge in [0.25, 0.3) is 0 Å². The lowest BCUT2D eigenvalue weighted by Crippen LogP contribution is -2.42. The highest BCUT2D eigenvalue weighted by atomic mass is 16.5. The molecular formula is C20H21N2O2-. The molecule has 124 valence electrons. The summed E-state index contributed by atoms with van der Waals surface area (Å²) in [6.07, 6.45) is 0.925. The fraction of sp³-hybridized carbons (Fsp3) is 0.300. The summed E-state index contributed by atoms with van der Waals surface area (Å²) < 4.78 is 5.76. The molecule has 2 aromatic rings. The van der Waals surface area contributed by atoms with Gasteiger partial charge in [-0.25, -0.2) is 0 Å². The molecule has 0 saturated carbocycles. The van der Waals surface area contributed by atoms with Gasteiger partial charge in [0, 0.05) is 19.5 Å². The first-order chi connectivity index (χ1) is 11.6. The molecule has 0 aliphatic carbocycles. The molecule has 4 nitrogen and oxygen atoms in total. The van der Waals surface area contributed by atoms with Crippen molar-refractivity contribution in [3.05, 3.63) is 71.0 Å². The van der Waals surface area contributed by atoms with Crippen LogP contribution in [0, 0.1) is 5.21 Å². The van der Waals surface area contributed by atoms with Crippen LogP contribution in [0.15, 0.2) is 54.6 Å². The maximum Gasteiger partial charge on any atom is 0.123 e. The lowest BCUT2D eigenvalue weighted by atomic mass is 9.99. The molecule has 0 amide bonds. The topological polar surface area (TPSA) is 47.6 Å². The molecule has 1 N–H and O–H groups in total. The van der Waals surface area contributed by atoms with Crippen LogP contribution < -0.4 is 10.1 Å². The van der Waals surface area contributed by atoms with E-state index in [1.54, 1.807) is 0 Å². The van der Waals surface area contributed by atoms with Crippen molar-refractivity contribution in [3.8, 4) is 16.9 Å². The van der Waals surface area contributed by atoms with Crippen molar-refractivity contribution in [2.24, 2.45) is 0 Å². The zero-order valence-electron chi connectivity index (χ0n) is 13.8. The molecule has 1 saturated heterocycles. The minimum Gasteiger partial charge on any atom is -0.784 e. The largest absolute Gasteiger partial charge is 0.784 e.